The van der Waals surface area contributed by atoms with Crippen LogP contribution in [-0.4, -0.2) is 33.1 Å². The van der Waals surface area contributed by atoms with E-state index < -0.39 is 12.8 Å². The highest BCUT2D eigenvalue weighted by molar-refractivity contribution is 6.69. The van der Waals surface area contributed by atoms with Crippen molar-refractivity contribution in [3.63, 3.8) is 0 Å². The molecule has 1 aromatic rings. The number of oxime groups is 1. The van der Waals surface area contributed by atoms with Gasteiger partial charge in [0.05, 0.1) is 12.4 Å². The average molecular weight is 256 g/mol. The molecule has 0 saturated heterocycles. The summed E-state index contributed by atoms with van der Waals surface area (Å²) in [4.78, 5) is 7.06. The Labute approximate surface area is 92.5 Å². The van der Waals surface area contributed by atoms with E-state index in [9.17, 15) is 13.2 Å². The van der Waals surface area contributed by atoms with E-state index in [0.717, 1.165) is 12.4 Å². The summed E-state index contributed by atoms with van der Waals surface area (Å²) in [6.07, 6.45) is -2.48. The molecule has 0 atom stereocenters. The smallest absolute Gasteiger partial charge is 0.422 e. The number of halogens is 4. The van der Waals surface area contributed by atoms with Gasteiger partial charge in [-0.1, -0.05) is 16.8 Å². The van der Waals surface area contributed by atoms with Crippen molar-refractivity contribution >= 4 is 16.8 Å². The summed E-state index contributed by atoms with van der Waals surface area (Å²) in [6, 6.07) is 0. The number of hydrogen-bond acceptors (Lipinski definition) is 5. The molecule has 1 N–H and O–H groups in total. The van der Waals surface area contributed by atoms with Gasteiger partial charge < -0.3 is 9.94 Å². The number of nitrogens with zero attached hydrogens (tertiary/aromatic N) is 3. The van der Waals surface area contributed by atoms with Gasteiger partial charge in [0, 0.05) is 0 Å². The van der Waals surface area contributed by atoms with Crippen molar-refractivity contribution in [1.82, 2.24) is 9.97 Å². The molecule has 0 saturated carbocycles. The van der Waals surface area contributed by atoms with Crippen molar-refractivity contribution in [3.8, 4) is 5.88 Å². The highest BCUT2D eigenvalue weighted by Crippen LogP contribution is 2.16. The summed E-state index contributed by atoms with van der Waals surface area (Å²) in [7, 11) is 0. The van der Waals surface area contributed by atoms with Gasteiger partial charge in [-0.3, -0.25) is 0 Å². The number of hydrogen-bond donors (Lipinski definition) is 1. The molecular weight excluding hydrogens is 251 g/mol. The minimum Gasteiger partial charge on any atom is -0.467 e. The van der Waals surface area contributed by atoms with Gasteiger partial charge in [-0.25, -0.2) is 9.97 Å². The fraction of sp³-hybridized carbons (Fsp3) is 0.286. The Bertz CT molecular complexity index is 379. The number of aromatic nitrogens is 2. The topological polar surface area (TPSA) is 67.6 Å². The van der Waals surface area contributed by atoms with Crippen LogP contribution in [0.4, 0.5) is 13.2 Å². The molecule has 0 bridgehead atoms. The molecule has 88 valence electrons. The van der Waals surface area contributed by atoms with Gasteiger partial charge in [0.25, 0.3) is 0 Å². The van der Waals surface area contributed by atoms with Crippen LogP contribution in [-0.2, 0) is 0 Å². The number of ether oxygens (including phenoxy) is 1. The summed E-state index contributed by atoms with van der Waals surface area (Å²) in [5.74, 6) is -0.302. The Morgan fingerprint density at radius 2 is 2.12 bits per heavy atom. The van der Waals surface area contributed by atoms with Crippen molar-refractivity contribution in [2.24, 2.45) is 5.16 Å². The van der Waals surface area contributed by atoms with Gasteiger partial charge in [0.2, 0.25) is 5.88 Å². The zero-order chi connectivity index (χ0) is 12.2. The molecule has 1 heterocycles. The van der Waals surface area contributed by atoms with Crippen molar-refractivity contribution in [2.75, 3.05) is 6.61 Å². The van der Waals surface area contributed by atoms with E-state index in [0.29, 0.717) is 0 Å². The summed E-state index contributed by atoms with van der Waals surface area (Å²) < 4.78 is 39.6. The Morgan fingerprint density at radius 1 is 1.44 bits per heavy atom. The fourth-order valence-electron chi connectivity index (χ4n) is 0.704. The normalized spacial score (nSPS) is 12.6. The molecule has 0 radical (unpaired) electrons. The maximum absolute atomic E-state index is 11.8. The largest absolute Gasteiger partial charge is 0.467 e. The van der Waals surface area contributed by atoms with E-state index in [1.165, 1.54) is 0 Å². The van der Waals surface area contributed by atoms with Crippen molar-refractivity contribution in [2.45, 2.75) is 6.18 Å². The molecule has 0 unspecified atom stereocenters. The Balaban J connectivity index is 2.65. The van der Waals surface area contributed by atoms with Gasteiger partial charge in [-0.05, 0) is 0 Å². The molecule has 0 spiro atoms. The Kier molecular flexibility index (Phi) is 3.88. The Morgan fingerprint density at radius 3 is 2.56 bits per heavy atom. The van der Waals surface area contributed by atoms with Gasteiger partial charge >= 0.3 is 6.18 Å². The lowest BCUT2D eigenvalue weighted by Crippen LogP contribution is -2.19. The first-order valence-electron chi connectivity index (χ1n) is 3.82. The molecule has 0 aliphatic rings. The van der Waals surface area contributed by atoms with E-state index in [1.807, 2.05) is 0 Å². The van der Waals surface area contributed by atoms with Crippen LogP contribution in [0.2, 0.25) is 0 Å². The second kappa shape index (κ2) is 4.97. The lowest BCUT2D eigenvalue weighted by molar-refractivity contribution is -0.154. The zero-order valence-corrected chi connectivity index (χ0v) is 8.33. The predicted octanol–water partition coefficient (Wildman–Crippen LogP) is 1.79. The average Bonchev–Trinajstić information content (AvgIpc) is 2.25. The summed E-state index contributed by atoms with van der Waals surface area (Å²) in [5.41, 5.74) is 0.0172. The molecule has 0 aliphatic carbocycles. The van der Waals surface area contributed by atoms with E-state index in [4.69, 9.17) is 16.8 Å². The van der Waals surface area contributed by atoms with Crippen LogP contribution in [0.3, 0.4) is 0 Å². The third kappa shape index (κ3) is 3.89. The van der Waals surface area contributed by atoms with Gasteiger partial charge in [-0.15, -0.1) is 0 Å². The van der Waals surface area contributed by atoms with Crippen molar-refractivity contribution < 1.29 is 23.1 Å². The third-order valence-corrected chi connectivity index (χ3v) is 1.58. The molecule has 0 fully saturated rings. The third-order valence-electron chi connectivity index (χ3n) is 1.31. The molecular formula is C7H5ClF3N3O2. The summed E-state index contributed by atoms with van der Waals surface area (Å²) >= 11 is 5.37. The molecule has 0 aliphatic heterocycles. The van der Waals surface area contributed by atoms with Crippen molar-refractivity contribution in [1.29, 1.82) is 0 Å². The van der Waals surface area contributed by atoms with Crippen LogP contribution in [0.1, 0.15) is 5.69 Å². The van der Waals surface area contributed by atoms with Crippen LogP contribution < -0.4 is 4.74 Å². The quantitative estimate of drug-likeness (QED) is 0.508. The second-order valence-corrected chi connectivity index (χ2v) is 2.89. The molecule has 16 heavy (non-hydrogen) atoms. The van der Waals surface area contributed by atoms with Crippen LogP contribution in [0.15, 0.2) is 17.5 Å². The van der Waals surface area contributed by atoms with E-state index in [2.05, 4.69) is 19.9 Å². The summed E-state index contributed by atoms with van der Waals surface area (Å²) in [6.45, 7) is -1.46. The van der Waals surface area contributed by atoms with Crippen LogP contribution >= 0.6 is 11.6 Å². The maximum Gasteiger partial charge on any atom is 0.422 e. The van der Waals surface area contributed by atoms with Crippen LogP contribution in [0.5, 0.6) is 5.88 Å². The Hall–Kier alpha value is -1.57. The van der Waals surface area contributed by atoms with Crippen LogP contribution in [0.25, 0.3) is 0 Å². The predicted molar refractivity (Wildman–Crippen MR) is 47.8 cm³/mol. The first-order chi connectivity index (χ1) is 7.42. The minimum absolute atomic E-state index is 0.0172. The molecule has 0 amide bonds. The highest BCUT2D eigenvalue weighted by Gasteiger charge is 2.28. The van der Waals surface area contributed by atoms with Gasteiger partial charge in [-0.2, -0.15) is 13.2 Å². The second-order valence-electron chi connectivity index (χ2n) is 2.53. The first-order valence-corrected chi connectivity index (χ1v) is 4.19. The minimum atomic E-state index is -4.44. The molecule has 9 heteroatoms. The lowest BCUT2D eigenvalue weighted by Gasteiger charge is -2.07. The highest BCUT2D eigenvalue weighted by atomic mass is 35.5. The fourth-order valence-corrected chi connectivity index (χ4v) is 0.802. The summed E-state index contributed by atoms with van der Waals surface area (Å²) in [5, 5.41) is 10.6. The maximum atomic E-state index is 11.8. The van der Waals surface area contributed by atoms with Crippen molar-refractivity contribution in [3.05, 3.63) is 18.1 Å². The van der Waals surface area contributed by atoms with Gasteiger partial charge in [0.1, 0.15) is 5.69 Å². The molecule has 0 aromatic carbocycles. The molecule has 1 rings (SSSR count). The zero-order valence-electron chi connectivity index (χ0n) is 7.57. The number of rotatable bonds is 3. The van der Waals surface area contributed by atoms with E-state index in [1.54, 1.807) is 0 Å². The van der Waals surface area contributed by atoms with Crippen LogP contribution in [0, 0.1) is 0 Å². The van der Waals surface area contributed by atoms with E-state index >= 15 is 0 Å². The lowest BCUT2D eigenvalue weighted by atomic mass is 10.5. The molecule has 1 aromatic heterocycles. The standard InChI is InChI=1S/C7H5ClF3N3O2/c8-6(14-15)4-1-13-5(2-12-4)16-3-7(9,10)11/h1-2,15H,3H2/b14-6-. The van der Waals surface area contributed by atoms with E-state index in [-0.39, 0.29) is 16.7 Å². The monoisotopic (exact) mass is 255 g/mol. The first kappa shape index (κ1) is 12.5. The number of alkyl halides is 3. The van der Waals surface area contributed by atoms with Gasteiger partial charge in [0.15, 0.2) is 11.8 Å². The SMILES string of the molecule is O/N=C(\Cl)c1cnc(OCC(F)(F)F)cn1. The molecule has 5 nitrogen and oxygen atoms in total.